The summed E-state index contributed by atoms with van der Waals surface area (Å²) in [4.78, 5) is 13.3. The summed E-state index contributed by atoms with van der Waals surface area (Å²) in [5.74, 6) is -0.334. The Morgan fingerprint density at radius 1 is 0.814 bits per heavy atom. The summed E-state index contributed by atoms with van der Waals surface area (Å²) < 4.78 is 23.9. The summed E-state index contributed by atoms with van der Waals surface area (Å²) in [5.41, 5.74) is 3.82. The Kier molecular flexibility index (Phi) is 18.9. The summed E-state index contributed by atoms with van der Waals surface area (Å²) in [6.45, 7) is 32.3. The van der Waals surface area contributed by atoms with Crippen LogP contribution in [0.1, 0.15) is 102 Å². The molecule has 0 heterocycles. The predicted molar refractivity (Wildman–Crippen MR) is 191 cm³/mol. The zero-order chi connectivity index (χ0) is 33.6. The van der Waals surface area contributed by atoms with E-state index in [1.54, 1.807) is 26.4 Å². The van der Waals surface area contributed by atoms with Crippen molar-refractivity contribution in [1.29, 1.82) is 0 Å². The molecule has 0 saturated carbocycles. The zero-order valence-electron chi connectivity index (χ0n) is 30.8. The normalized spacial score (nSPS) is 16.1. The van der Waals surface area contributed by atoms with Gasteiger partial charge in [0, 0.05) is 26.7 Å². The lowest BCUT2D eigenvalue weighted by molar-refractivity contribution is -0.120. The van der Waals surface area contributed by atoms with Gasteiger partial charge in [0.15, 0.2) is 20.4 Å². The average Bonchev–Trinajstić information content (AvgIpc) is 2.90. The van der Waals surface area contributed by atoms with Crippen molar-refractivity contribution in [2.45, 2.75) is 149 Å². The maximum Gasteiger partial charge on any atom is 0.201 e. The van der Waals surface area contributed by atoms with Gasteiger partial charge in [0.25, 0.3) is 0 Å². The van der Waals surface area contributed by atoms with Crippen molar-refractivity contribution >= 4 is 22.4 Å². The molecule has 0 rings (SSSR count). The van der Waals surface area contributed by atoms with Crippen LogP contribution in [0.3, 0.4) is 0 Å². The lowest BCUT2D eigenvalue weighted by Gasteiger charge is -2.45. The fraction of sp³-hybridized carbons (Fsp3) is 0.750. The number of carbonyl (C=O) groups is 1. The second-order valence-corrected chi connectivity index (χ2v) is 24.8. The average molecular weight is 637 g/mol. The van der Waals surface area contributed by atoms with Crippen LogP contribution < -0.4 is 0 Å². The third kappa shape index (κ3) is 13.8. The quantitative estimate of drug-likeness (QED) is 0.0332. The summed E-state index contributed by atoms with van der Waals surface area (Å²) in [7, 11) is -0.780. The van der Waals surface area contributed by atoms with Crippen LogP contribution >= 0.6 is 0 Å². The molecule has 0 aliphatic rings. The van der Waals surface area contributed by atoms with E-state index >= 15 is 0 Å². The van der Waals surface area contributed by atoms with Crippen LogP contribution in [0.2, 0.25) is 34.8 Å². The predicted octanol–water partition coefficient (Wildman–Crippen LogP) is 10.6. The van der Waals surface area contributed by atoms with Crippen LogP contribution in [0, 0.1) is 5.92 Å². The number of hydrogen-bond acceptors (Lipinski definition) is 5. The van der Waals surface area contributed by atoms with E-state index in [2.05, 4.69) is 114 Å². The summed E-state index contributed by atoms with van der Waals surface area (Å²) >= 11 is 0. The molecular weight excluding hydrogens is 569 g/mol. The van der Waals surface area contributed by atoms with E-state index in [1.807, 2.05) is 6.92 Å². The molecule has 0 bridgehead atoms. The van der Waals surface area contributed by atoms with E-state index in [0.29, 0.717) is 16.6 Å². The van der Waals surface area contributed by atoms with Crippen LogP contribution in [-0.2, 0) is 23.1 Å². The highest BCUT2D eigenvalue weighted by atomic mass is 28.4. The number of allylic oxidation sites excluding steroid dienone is 6. The van der Waals surface area contributed by atoms with Crippen molar-refractivity contribution in [3.63, 3.8) is 0 Å². The maximum absolute atomic E-state index is 13.3. The van der Waals surface area contributed by atoms with Gasteiger partial charge in [-0.15, -0.1) is 0 Å². The molecule has 0 unspecified atom stereocenters. The molecule has 0 amide bonds. The van der Waals surface area contributed by atoms with E-state index in [1.165, 1.54) is 11.1 Å². The van der Waals surface area contributed by atoms with Gasteiger partial charge in [-0.25, -0.2) is 0 Å². The highest BCUT2D eigenvalue weighted by molar-refractivity contribution is 6.77. The number of ether oxygens (including phenoxy) is 2. The van der Waals surface area contributed by atoms with Crippen molar-refractivity contribution in [3.05, 3.63) is 47.6 Å². The number of carbonyl (C=O) groups excluding carboxylic acids is 1. The molecule has 0 spiro atoms. The lowest BCUT2D eigenvalue weighted by atomic mass is 9.98. The molecule has 43 heavy (non-hydrogen) atoms. The molecule has 0 aliphatic carbocycles. The fourth-order valence-corrected chi connectivity index (χ4v) is 12.1. The summed E-state index contributed by atoms with van der Waals surface area (Å²) in [5, 5.41) is 0.249. The van der Waals surface area contributed by atoms with E-state index in [9.17, 15) is 4.79 Å². The van der Waals surface area contributed by atoms with Gasteiger partial charge in [0.05, 0.1) is 6.10 Å². The SMILES string of the molecule is COC(/C=C/C(=O)[C@@H](C)[C@@H](/C=C/C(C)=C/C/C=C(\C)CCCO[Si](C)(C)C(C)(C)C)O[Si](C(C)C)(C(C)C)C(C)C)OC. The molecule has 0 fully saturated rings. The number of ketones is 1. The van der Waals surface area contributed by atoms with Crippen LogP contribution in [-0.4, -0.2) is 55.6 Å². The third-order valence-corrected chi connectivity index (χ3v) is 19.9. The Morgan fingerprint density at radius 2 is 1.35 bits per heavy atom. The Hall–Kier alpha value is -1.10. The van der Waals surface area contributed by atoms with Crippen molar-refractivity contribution in [2.75, 3.05) is 20.8 Å². The minimum Gasteiger partial charge on any atom is -0.417 e. The first-order valence-corrected chi connectivity index (χ1v) is 21.4. The van der Waals surface area contributed by atoms with Gasteiger partial charge < -0.3 is 18.3 Å². The monoisotopic (exact) mass is 636 g/mol. The number of rotatable bonds is 20. The highest BCUT2D eigenvalue weighted by Crippen LogP contribution is 2.44. The Balaban J connectivity index is 5.75. The first-order valence-electron chi connectivity index (χ1n) is 16.4. The van der Waals surface area contributed by atoms with Gasteiger partial charge in [-0.1, -0.05) is 105 Å². The van der Waals surface area contributed by atoms with Crippen LogP contribution in [0.25, 0.3) is 0 Å². The van der Waals surface area contributed by atoms with Crippen LogP contribution in [0.4, 0.5) is 0 Å². The van der Waals surface area contributed by atoms with E-state index in [-0.39, 0.29) is 22.8 Å². The molecule has 250 valence electrons. The molecule has 5 nitrogen and oxygen atoms in total. The smallest absolute Gasteiger partial charge is 0.201 e. The Morgan fingerprint density at radius 3 is 1.81 bits per heavy atom. The van der Waals surface area contributed by atoms with E-state index in [0.717, 1.165) is 25.9 Å². The van der Waals surface area contributed by atoms with Gasteiger partial charge in [-0.2, -0.15) is 0 Å². The summed E-state index contributed by atoms with van der Waals surface area (Å²) in [6.07, 6.45) is 14.2. The largest absolute Gasteiger partial charge is 0.417 e. The maximum atomic E-state index is 13.3. The second kappa shape index (κ2) is 19.4. The van der Waals surface area contributed by atoms with Gasteiger partial charge in [0.1, 0.15) is 0 Å². The molecule has 0 aromatic carbocycles. The molecule has 0 aromatic rings. The van der Waals surface area contributed by atoms with Crippen LogP contribution in [0.5, 0.6) is 0 Å². The standard InChI is InChI=1S/C36H68O5Si2/c1-27(2)43(28(3)4,29(5)6)41-34(32(9)33(37)23-25-35(38-13)39-14)24-22-31(8)20-17-19-30(7)21-18-26-40-42(15,16)36(10,11)12/h19-20,22-25,27-29,32,34-35H,17-18,21,26H2,1-16H3/b24-22+,25-23+,30-19+,31-20+/t32-,34-/m1/s1. The van der Waals surface area contributed by atoms with E-state index < -0.39 is 22.9 Å². The number of methoxy groups -OCH3 is 2. The van der Waals surface area contributed by atoms with Gasteiger partial charge in [0.2, 0.25) is 8.32 Å². The Bertz CT molecular complexity index is 912. The lowest BCUT2D eigenvalue weighted by Crippen LogP contribution is -2.51. The minimum atomic E-state index is -2.22. The number of hydrogen-bond donors (Lipinski definition) is 0. The van der Waals surface area contributed by atoms with Crippen molar-refractivity contribution in [1.82, 2.24) is 0 Å². The van der Waals surface area contributed by atoms with Crippen LogP contribution in [0.15, 0.2) is 47.6 Å². The van der Waals surface area contributed by atoms with Gasteiger partial charge in [-0.3, -0.25) is 4.79 Å². The Labute approximate surface area is 268 Å². The van der Waals surface area contributed by atoms with Gasteiger partial charge >= 0.3 is 0 Å². The van der Waals surface area contributed by atoms with Crippen molar-refractivity contribution in [2.24, 2.45) is 5.92 Å². The topological polar surface area (TPSA) is 54.0 Å². The molecule has 0 radical (unpaired) electrons. The first kappa shape index (κ1) is 41.9. The van der Waals surface area contributed by atoms with Crippen molar-refractivity contribution < 1.29 is 23.1 Å². The summed E-state index contributed by atoms with van der Waals surface area (Å²) in [6, 6.07) is 0. The minimum absolute atomic E-state index is 0.00522. The van der Waals surface area contributed by atoms with E-state index in [4.69, 9.17) is 18.3 Å². The molecule has 0 saturated heterocycles. The second-order valence-electron chi connectivity index (χ2n) is 14.6. The molecule has 0 aliphatic heterocycles. The zero-order valence-corrected chi connectivity index (χ0v) is 32.8. The molecule has 7 heteroatoms. The first-order chi connectivity index (χ1) is 19.8. The highest BCUT2D eigenvalue weighted by Gasteiger charge is 2.47. The molecule has 0 N–H and O–H groups in total. The van der Waals surface area contributed by atoms with Gasteiger partial charge in [-0.05, 0) is 80.0 Å². The third-order valence-electron chi connectivity index (χ3n) is 9.31. The molecule has 2 atom stereocenters. The molecular formula is C36H68O5Si2. The van der Waals surface area contributed by atoms with Crippen molar-refractivity contribution in [3.8, 4) is 0 Å². The molecule has 0 aromatic heterocycles. The fourth-order valence-electron chi connectivity index (χ4n) is 5.45.